The van der Waals surface area contributed by atoms with Crippen LogP contribution in [0.5, 0.6) is 0 Å². The topological polar surface area (TPSA) is 101 Å². The van der Waals surface area contributed by atoms with Crippen LogP contribution in [0.4, 0.5) is 0 Å². The normalized spacial score (nSPS) is 15.8. The lowest BCUT2D eigenvalue weighted by Crippen LogP contribution is -2.39. The Balaban J connectivity index is 2.00. The maximum Gasteiger partial charge on any atom is 0.337 e. The van der Waals surface area contributed by atoms with E-state index in [1.165, 1.54) is 20.2 Å². The zero-order valence-corrected chi connectivity index (χ0v) is 15.5. The van der Waals surface area contributed by atoms with Gasteiger partial charge in [0.05, 0.1) is 12.7 Å². The molecular formula is C21H16N2O5. The first-order valence-electron chi connectivity index (χ1n) is 8.31. The first kappa shape index (κ1) is 18.9. The standard InChI is InChI=1S/C21H16N2O5/c1-12-16(19(24)23(2)20(25)17(12)11-22)10-15-7-8-18(28-15)13-5-4-6-14(9-13)21(26)27-3/h4-10H,1-3H3/b16-10-. The van der Waals surface area contributed by atoms with Crippen molar-refractivity contribution in [1.82, 2.24) is 4.90 Å². The Bertz CT molecular complexity index is 1100. The Morgan fingerprint density at radius 3 is 2.64 bits per heavy atom. The fourth-order valence-electron chi connectivity index (χ4n) is 2.84. The second-order valence-electron chi connectivity index (χ2n) is 6.11. The molecule has 1 aliphatic rings. The number of furan rings is 1. The molecule has 0 fully saturated rings. The zero-order chi connectivity index (χ0) is 20.4. The largest absolute Gasteiger partial charge is 0.465 e. The molecule has 0 atom stereocenters. The van der Waals surface area contributed by atoms with Crippen molar-refractivity contribution in [3.63, 3.8) is 0 Å². The van der Waals surface area contributed by atoms with E-state index in [4.69, 9.17) is 9.15 Å². The number of imide groups is 1. The fraction of sp³-hybridized carbons (Fsp3) is 0.143. The van der Waals surface area contributed by atoms with Crippen molar-refractivity contribution in [2.75, 3.05) is 14.2 Å². The number of likely N-dealkylation sites (N-methyl/N-ethyl adjacent to an activating group) is 1. The molecule has 2 heterocycles. The predicted molar refractivity (Wildman–Crippen MR) is 99.6 cm³/mol. The maximum atomic E-state index is 12.4. The molecule has 1 aliphatic heterocycles. The van der Waals surface area contributed by atoms with Gasteiger partial charge in [-0.05, 0) is 42.8 Å². The monoisotopic (exact) mass is 376 g/mol. The summed E-state index contributed by atoms with van der Waals surface area (Å²) in [5.41, 5.74) is 1.49. The third-order valence-corrected chi connectivity index (χ3v) is 4.43. The van der Waals surface area contributed by atoms with Crippen LogP contribution in [0.25, 0.3) is 17.4 Å². The lowest BCUT2D eigenvalue weighted by Gasteiger charge is -2.23. The van der Waals surface area contributed by atoms with Crippen LogP contribution < -0.4 is 0 Å². The van der Waals surface area contributed by atoms with Crippen LogP contribution >= 0.6 is 0 Å². The summed E-state index contributed by atoms with van der Waals surface area (Å²) in [4.78, 5) is 37.0. The molecule has 2 aromatic rings. The van der Waals surface area contributed by atoms with Crippen LogP contribution in [-0.2, 0) is 14.3 Å². The Morgan fingerprint density at radius 2 is 1.96 bits per heavy atom. The van der Waals surface area contributed by atoms with Gasteiger partial charge in [-0.1, -0.05) is 12.1 Å². The highest BCUT2D eigenvalue weighted by atomic mass is 16.5. The van der Waals surface area contributed by atoms with Crippen LogP contribution in [-0.4, -0.2) is 36.8 Å². The van der Waals surface area contributed by atoms with Crippen molar-refractivity contribution < 1.29 is 23.5 Å². The fourth-order valence-corrected chi connectivity index (χ4v) is 2.84. The molecule has 0 saturated heterocycles. The van der Waals surface area contributed by atoms with Gasteiger partial charge < -0.3 is 9.15 Å². The molecule has 1 aromatic heterocycles. The maximum absolute atomic E-state index is 12.4. The first-order chi connectivity index (χ1) is 13.4. The minimum atomic E-state index is -0.623. The molecule has 0 unspecified atom stereocenters. The number of hydrogen-bond acceptors (Lipinski definition) is 6. The summed E-state index contributed by atoms with van der Waals surface area (Å²) >= 11 is 0. The van der Waals surface area contributed by atoms with E-state index < -0.39 is 17.8 Å². The molecule has 0 saturated carbocycles. The average Bonchev–Trinajstić information content (AvgIpc) is 3.18. The summed E-state index contributed by atoms with van der Waals surface area (Å²) < 4.78 is 10.5. The van der Waals surface area contributed by atoms with Crippen molar-refractivity contribution >= 4 is 23.9 Å². The second kappa shape index (κ2) is 7.37. The van der Waals surface area contributed by atoms with E-state index in [1.54, 1.807) is 43.3 Å². The minimum Gasteiger partial charge on any atom is -0.465 e. The lowest BCUT2D eigenvalue weighted by atomic mass is 9.95. The van der Waals surface area contributed by atoms with E-state index in [0.29, 0.717) is 28.2 Å². The van der Waals surface area contributed by atoms with Gasteiger partial charge in [0.2, 0.25) is 0 Å². The molecule has 7 heteroatoms. The van der Waals surface area contributed by atoms with Gasteiger partial charge >= 0.3 is 5.97 Å². The van der Waals surface area contributed by atoms with Crippen molar-refractivity contribution in [2.45, 2.75) is 6.92 Å². The highest BCUT2D eigenvalue weighted by Gasteiger charge is 2.33. The molecular weight excluding hydrogens is 360 g/mol. The Morgan fingerprint density at radius 1 is 1.21 bits per heavy atom. The molecule has 0 N–H and O–H groups in total. The van der Waals surface area contributed by atoms with E-state index in [1.807, 2.05) is 6.07 Å². The van der Waals surface area contributed by atoms with Gasteiger partial charge in [0.15, 0.2) is 0 Å². The Labute approximate surface area is 161 Å². The van der Waals surface area contributed by atoms with E-state index in [9.17, 15) is 19.6 Å². The molecule has 2 amide bonds. The van der Waals surface area contributed by atoms with Crippen LogP contribution in [0.1, 0.15) is 23.0 Å². The summed E-state index contributed by atoms with van der Waals surface area (Å²) in [6.45, 7) is 1.55. The molecule has 28 heavy (non-hydrogen) atoms. The van der Waals surface area contributed by atoms with Crippen LogP contribution in [0.15, 0.2) is 57.5 Å². The molecule has 1 aromatic carbocycles. The number of hydrogen-bond donors (Lipinski definition) is 0. The van der Waals surface area contributed by atoms with Gasteiger partial charge in [-0.3, -0.25) is 14.5 Å². The number of ether oxygens (including phenoxy) is 1. The number of carbonyl (C=O) groups is 3. The molecule has 7 nitrogen and oxygen atoms in total. The van der Waals surface area contributed by atoms with E-state index in [2.05, 4.69) is 0 Å². The first-order valence-corrected chi connectivity index (χ1v) is 8.31. The molecule has 0 radical (unpaired) electrons. The number of carbonyl (C=O) groups excluding carboxylic acids is 3. The van der Waals surface area contributed by atoms with Crippen LogP contribution in [0.2, 0.25) is 0 Å². The summed E-state index contributed by atoms with van der Waals surface area (Å²) in [6.07, 6.45) is 1.49. The van der Waals surface area contributed by atoms with Gasteiger partial charge in [-0.25, -0.2) is 4.79 Å². The summed E-state index contributed by atoms with van der Waals surface area (Å²) in [6, 6.07) is 12.0. The third-order valence-electron chi connectivity index (χ3n) is 4.43. The van der Waals surface area contributed by atoms with Gasteiger partial charge in [0.1, 0.15) is 23.2 Å². The Kier molecular flexibility index (Phi) is 4.96. The molecule has 3 rings (SSSR count). The number of amides is 2. The van der Waals surface area contributed by atoms with E-state index >= 15 is 0 Å². The van der Waals surface area contributed by atoms with Crippen molar-refractivity contribution in [3.05, 3.63) is 64.4 Å². The van der Waals surface area contributed by atoms with Crippen LogP contribution in [0, 0.1) is 11.3 Å². The number of rotatable bonds is 3. The highest BCUT2D eigenvalue weighted by molar-refractivity contribution is 6.19. The number of methoxy groups -OCH3 is 1. The minimum absolute atomic E-state index is 0.0779. The number of esters is 1. The summed E-state index contributed by atoms with van der Waals surface area (Å²) in [7, 11) is 2.63. The van der Waals surface area contributed by atoms with Crippen molar-refractivity contribution in [1.29, 1.82) is 5.26 Å². The Hall–Kier alpha value is -3.92. The van der Waals surface area contributed by atoms with Crippen molar-refractivity contribution in [3.8, 4) is 17.4 Å². The number of nitrogens with zero attached hydrogens (tertiary/aromatic N) is 2. The highest BCUT2D eigenvalue weighted by Crippen LogP contribution is 2.29. The number of nitriles is 1. The summed E-state index contributed by atoms with van der Waals surface area (Å²) in [5, 5.41) is 9.21. The predicted octanol–water partition coefficient (Wildman–Crippen LogP) is 2.96. The quantitative estimate of drug-likeness (QED) is 0.464. The SMILES string of the molecule is COC(=O)c1cccc(-c2ccc(/C=C3\C(=O)N(C)C(=O)C(C#N)=C3C)o2)c1. The molecule has 0 aliphatic carbocycles. The molecule has 0 spiro atoms. The van der Waals surface area contributed by atoms with E-state index in [0.717, 1.165) is 4.90 Å². The van der Waals surface area contributed by atoms with Gasteiger partial charge in [0, 0.05) is 18.2 Å². The van der Waals surface area contributed by atoms with Gasteiger partial charge in [-0.2, -0.15) is 5.26 Å². The molecule has 140 valence electrons. The summed E-state index contributed by atoms with van der Waals surface area (Å²) in [5.74, 6) is -0.719. The smallest absolute Gasteiger partial charge is 0.337 e. The average molecular weight is 376 g/mol. The molecule has 0 bridgehead atoms. The number of benzene rings is 1. The van der Waals surface area contributed by atoms with E-state index in [-0.39, 0.29) is 11.1 Å². The van der Waals surface area contributed by atoms with Crippen molar-refractivity contribution in [2.24, 2.45) is 0 Å². The van der Waals surface area contributed by atoms with Gasteiger partial charge in [0.25, 0.3) is 11.8 Å². The second-order valence-corrected chi connectivity index (χ2v) is 6.11. The van der Waals surface area contributed by atoms with Gasteiger partial charge in [-0.15, -0.1) is 0 Å². The van der Waals surface area contributed by atoms with Crippen LogP contribution in [0.3, 0.4) is 0 Å². The lowest BCUT2D eigenvalue weighted by molar-refractivity contribution is -0.138. The third kappa shape index (κ3) is 3.23. The zero-order valence-electron chi connectivity index (χ0n) is 15.5.